The number of rotatable bonds is 3. The van der Waals surface area contributed by atoms with E-state index >= 15 is 0 Å². The fourth-order valence-corrected chi connectivity index (χ4v) is 1.65. The Bertz CT molecular complexity index is 575. The van der Waals surface area contributed by atoms with Gasteiger partial charge in [-0.1, -0.05) is 6.07 Å². The van der Waals surface area contributed by atoms with Crippen LogP contribution in [0.4, 0.5) is 5.69 Å². The average Bonchev–Trinajstić information content (AvgIpc) is 2.70. The first kappa shape index (κ1) is 12.2. The maximum absolute atomic E-state index is 11.8. The smallest absolute Gasteiger partial charge is 0.292 e. The molecule has 1 aromatic heterocycles. The summed E-state index contributed by atoms with van der Waals surface area (Å²) in [6.45, 7) is 2.04. The first-order chi connectivity index (χ1) is 8.56. The van der Waals surface area contributed by atoms with Crippen LogP contribution in [0.5, 0.6) is 5.75 Å². The Morgan fingerprint density at radius 1 is 1.50 bits per heavy atom. The molecule has 2 aromatic rings. The van der Waals surface area contributed by atoms with Gasteiger partial charge in [-0.25, -0.2) is 0 Å². The number of hydrogen-bond acceptors (Lipinski definition) is 2. The minimum Gasteiger partial charge on any atom is -0.508 e. The van der Waals surface area contributed by atoms with Crippen molar-refractivity contribution in [3.8, 4) is 5.75 Å². The predicted octanol–water partition coefficient (Wildman–Crippen LogP) is 0.965. The number of nitrogens with zero attached hydrogens (tertiary/aromatic N) is 2. The maximum atomic E-state index is 11.8. The molecule has 0 atom stereocenters. The minimum atomic E-state index is -0.134. The number of aromatic hydroxyl groups is 1. The quantitative estimate of drug-likeness (QED) is 0.793. The van der Waals surface area contributed by atoms with Gasteiger partial charge >= 0.3 is 0 Å². The molecule has 0 aliphatic carbocycles. The van der Waals surface area contributed by atoms with Gasteiger partial charge in [-0.15, -0.1) is 4.68 Å². The van der Waals surface area contributed by atoms with Crippen molar-refractivity contribution in [2.24, 2.45) is 7.05 Å². The molecule has 0 aliphatic rings. The molecule has 1 aromatic carbocycles. The van der Waals surface area contributed by atoms with Crippen LogP contribution in [-0.2, 0) is 18.4 Å². The molecular formula is C13H16N3O2+. The van der Waals surface area contributed by atoms with Crippen molar-refractivity contribution in [2.75, 3.05) is 5.32 Å². The van der Waals surface area contributed by atoms with E-state index in [4.69, 9.17) is 0 Å². The molecule has 0 unspecified atom stereocenters. The lowest BCUT2D eigenvalue weighted by Crippen LogP contribution is -2.45. The fraction of sp³-hybridized carbons (Fsp3) is 0.231. The van der Waals surface area contributed by atoms with Gasteiger partial charge in [0.2, 0.25) is 6.54 Å². The molecule has 0 bridgehead atoms. The topological polar surface area (TPSA) is 58.1 Å². The molecule has 18 heavy (non-hydrogen) atoms. The normalized spacial score (nSPS) is 10.3. The van der Waals surface area contributed by atoms with Crippen molar-refractivity contribution >= 4 is 11.6 Å². The highest BCUT2D eigenvalue weighted by Gasteiger charge is 2.12. The SMILES string of the molecule is Cc1ccc(NC(=O)C[n+]2cccn2C)cc1O. The van der Waals surface area contributed by atoms with Crippen LogP contribution in [0, 0.1) is 6.92 Å². The zero-order chi connectivity index (χ0) is 13.1. The first-order valence-electron chi connectivity index (χ1n) is 5.67. The van der Waals surface area contributed by atoms with E-state index in [0.29, 0.717) is 5.69 Å². The van der Waals surface area contributed by atoms with Gasteiger partial charge in [0.25, 0.3) is 5.91 Å². The average molecular weight is 246 g/mol. The van der Waals surface area contributed by atoms with E-state index in [1.807, 2.05) is 30.2 Å². The number of anilines is 1. The van der Waals surface area contributed by atoms with Crippen molar-refractivity contribution < 1.29 is 14.6 Å². The molecule has 5 nitrogen and oxygen atoms in total. The zero-order valence-electron chi connectivity index (χ0n) is 10.4. The number of benzene rings is 1. The van der Waals surface area contributed by atoms with Crippen molar-refractivity contribution in [3.05, 3.63) is 42.2 Å². The predicted molar refractivity (Wildman–Crippen MR) is 67.1 cm³/mol. The Morgan fingerprint density at radius 3 is 2.89 bits per heavy atom. The summed E-state index contributed by atoms with van der Waals surface area (Å²) in [7, 11) is 1.87. The standard InChI is InChI=1S/C13H15N3O2/c1-10-4-5-11(8-12(10)17)14-13(18)9-16-7-3-6-15(16)2/h3-8H,9H2,1-2H3,(H-,14,17,18)/p+1. The van der Waals surface area contributed by atoms with Gasteiger partial charge < -0.3 is 10.4 Å². The summed E-state index contributed by atoms with van der Waals surface area (Å²) in [5, 5.41) is 12.3. The molecule has 0 saturated heterocycles. The van der Waals surface area contributed by atoms with Gasteiger partial charge in [-0.3, -0.25) is 4.79 Å². The molecule has 2 rings (SSSR count). The zero-order valence-corrected chi connectivity index (χ0v) is 10.4. The maximum Gasteiger partial charge on any atom is 0.292 e. The number of phenols is 1. The highest BCUT2D eigenvalue weighted by atomic mass is 16.3. The number of nitrogens with one attached hydrogen (secondary N) is 1. The molecular weight excluding hydrogens is 230 g/mol. The van der Waals surface area contributed by atoms with Crippen molar-refractivity contribution in [1.82, 2.24) is 4.68 Å². The van der Waals surface area contributed by atoms with Gasteiger partial charge in [0.05, 0.1) is 13.2 Å². The summed E-state index contributed by atoms with van der Waals surface area (Å²) in [6.07, 6.45) is 3.69. The number of aryl methyl sites for hydroxylation is 2. The van der Waals surface area contributed by atoms with Crippen LogP contribution in [0.15, 0.2) is 36.7 Å². The second-order valence-corrected chi connectivity index (χ2v) is 4.21. The molecule has 2 N–H and O–H groups in total. The van der Waals surface area contributed by atoms with E-state index in [2.05, 4.69) is 5.32 Å². The van der Waals surface area contributed by atoms with Crippen LogP contribution >= 0.6 is 0 Å². The van der Waals surface area contributed by atoms with Crippen LogP contribution < -0.4 is 10.00 Å². The Hall–Kier alpha value is -2.30. The minimum absolute atomic E-state index is 0.134. The van der Waals surface area contributed by atoms with Gasteiger partial charge in [-0.2, -0.15) is 4.68 Å². The third-order valence-corrected chi connectivity index (χ3v) is 2.76. The summed E-state index contributed by atoms with van der Waals surface area (Å²) in [4.78, 5) is 11.8. The molecule has 0 radical (unpaired) electrons. The summed E-state index contributed by atoms with van der Waals surface area (Å²) in [6, 6.07) is 6.94. The van der Waals surface area contributed by atoms with E-state index in [1.54, 1.807) is 29.8 Å². The Kier molecular flexibility index (Phi) is 3.32. The Morgan fingerprint density at radius 2 is 2.28 bits per heavy atom. The van der Waals surface area contributed by atoms with Crippen LogP contribution in [0.1, 0.15) is 5.56 Å². The van der Waals surface area contributed by atoms with Crippen LogP contribution in [0.25, 0.3) is 0 Å². The number of carbonyl (C=O) groups excluding carboxylic acids is 1. The molecule has 0 fully saturated rings. The first-order valence-corrected chi connectivity index (χ1v) is 5.67. The van der Waals surface area contributed by atoms with Crippen LogP contribution in [0.3, 0.4) is 0 Å². The summed E-state index contributed by atoms with van der Waals surface area (Å²) >= 11 is 0. The number of amides is 1. The summed E-state index contributed by atoms with van der Waals surface area (Å²) in [5.41, 5.74) is 1.38. The van der Waals surface area contributed by atoms with Gasteiger partial charge in [0.15, 0.2) is 6.20 Å². The highest BCUT2D eigenvalue weighted by molar-refractivity contribution is 5.89. The van der Waals surface area contributed by atoms with E-state index in [-0.39, 0.29) is 18.2 Å². The second kappa shape index (κ2) is 4.91. The van der Waals surface area contributed by atoms with Crippen molar-refractivity contribution in [2.45, 2.75) is 13.5 Å². The van der Waals surface area contributed by atoms with Gasteiger partial charge in [-0.05, 0) is 18.6 Å². The lowest BCUT2D eigenvalue weighted by Gasteiger charge is -2.05. The van der Waals surface area contributed by atoms with E-state index in [1.165, 1.54) is 0 Å². The van der Waals surface area contributed by atoms with Gasteiger partial charge in [0, 0.05) is 17.8 Å². The second-order valence-electron chi connectivity index (χ2n) is 4.21. The number of hydrogen-bond donors (Lipinski definition) is 2. The molecule has 0 spiro atoms. The molecule has 94 valence electrons. The third kappa shape index (κ3) is 2.68. The molecule has 1 heterocycles. The molecule has 0 aliphatic heterocycles. The van der Waals surface area contributed by atoms with E-state index < -0.39 is 0 Å². The number of carbonyl (C=O) groups is 1. The van der Waals surface area contributed by atoms with Gasteiger partial charge in [0.1, 0.15) is 5.75 Å². The molecule has 5 heteroatoms. The monoisotopic (exact) mass is 246 g/mol. The number of phenolic OH excluding ortho intramolecular Hbond substituents is 1. The van der Waals surface area contributed by atoms with Crippen molar-refractivity contribution in [1.29, 1.82) is 0 Å². The van der Waals surface area contributed by atoms with Crippen LogP contribution in [0.2, 0.25) is 0 Å². The molecule has 0 saturated carbocycles. The van der Waals surface area contributed by atoms with E-state index in [9.17, 15) is 9.90 Å². The Balaban J connectivity index is 2.03. The Labute approximate surface area is 105 Å². The van der Waals surface area contributed by atoms with E-state index in [0.717, 1.165) is 5.56 Å². The lowest BCUT2D eigenvalue weighted by atomic mass is 10.2. The highest BCUT2D eigenvalue weighted by Crippen LogP contribution is 2.20. The third-order valence-electron chi connectivity index (χ3n) is 2.76. The largest absolute Gasteiger partial charge is 0.508 e. The molecule has 1 amide bonds. The van der Waals surface area contributed by atoms with Crippen molar-refractivity contribution in [3.63, 3.8) is 0 Å². The number of aromatic nitrogens is 2. The fourth-order valence-electron chi connectivity index (χ4n) is 1.65. The summed E-state index contributed by atoms with van der Waals surface area (Å²) in [5.74, 6) is 0.0457. The summed E-state index contributed by atoms with van der Waals surface area (Å²) < 4.78 is 3.61. The van der Waals surface area contributed by atoms with Crippen LogP contribution in [-0.4, -0.2) is 15.7 Å². The lowest BCUT2D eigenvalue weighted by molar-refractivity contribution is -0.761.